The maximum absolute atomic E-state index is 12.6. The number of esters is 1. The van der Waals surface area contributed by atoms with E-state index in [0.29, 0.717) is 20.5 Å². The van der Waals surface area contributed by atoms with Gasteiger partial charge in [-0.1, -0.05) is 72.5 Å². The number of carbonyl (C=O) groups is 2. The first-order valence-corrected chi connectivity index (χ1v) is 9.37. The Hall–Kier alpha value is -2.96. The molecule has 1 fully saturated rings. The summed E-state index contributed by atoms with van der Waals surface area (Å²) >= 11 is 6.20. The van der Waals surface area contributed by atoms with Gasteiger partial charge in [0.15, 0.2) is 0 Å². The first kappa shape index (κ1) is 17.5. The van der Waals surface area contributed by atoms with E-state index in [4.69, 9.17) is 17.0 Å². The van der Waals surface area contributed by atoms with E-state index < -0.39 is 5.97 Å². The van der Waals surface area contributed by atoms with Crippen LogP contribution in [0.4, 0.5) is 0 Å². The van der Waals surface area contributed by atoms with E-state index in [0.717, 1.165) is 16.3 Å². The largest absolute Gasteiger partial charge is 0.423 e. The van der Waals surface area contributed by atoms with Crippen molar-refractivity contribution in [3.05, 3.63) is 82.8 Å². The fourth-order valence-electron chi connectivity index (χ4n) is 2.77. The molecule has 4 nitrogen and oxygen atoms in total. The van der Waals surface area contributed by atoms with Crippen LogP contribution in [0.1, 0.15) is 15.9 Å². The predicted molar refractivity (Wildman–Crippen MR) is 112 cm³/mol. The molecule has 0 unspecified atom stereocenters. The minimum Gasteiger partial charge on any atom is -0.423 e. The average molecular weight is 391 g/mol. The van der Waals surface area contributed by atoms with Crippen LogP contribution in [0.5, 0.6) is 5.75 Å². The van der Waals surface area contributed by atoms with Crippen molar-refractivity contribution in [2.45, 2.75) is 0 Å². The minimum atomic E-state index is -0.408. The fraction of sp³-hybridized carbons (Fsp3) is 0. The Labute approximate surface area is 165 Å². The lowest BCUT2D eigenvalue weighted by molar-refractivity contribution is -0.115. The van der Waals surface area contributed by atoms with E-state index in [1.54, 1.807) is 36.4 Å². The number of carbonyl (C=O) groups excluding carboxylic acids is 2. The van der Waals surface area contributed by atoms with Gasteiger partial charge in [0, 0.05) is 0 Å². The highest BCUT2D eigenvalue weighted by Crippen LogP contribution is 2.27. The van der Waals surface area contributed by atoms with E-state index in [1.807, 2.05) is 36.4 Å². The summed E-state index contributed by atoms with van der Waals surface area (Å²) in [6.45, 7) is 0. The van der Waals surface area contributed by atoms with Crippen molar-refractivity contribution in [2.75, 3.05) is 0 Å². The summed E-state index contributed by atoms with van der Waals surface area (Å²) in [5, 5.41) is 4.41. The van der Waals surface area contributed by atoms with Gasteiger partial charge in [0.25, 0.3) is 5.91 Å². The number of amides is 1. The summed E-state index contributed by atoms with van der Waals surface area (Å²) in [5.41, 5.74) is 1.34. The molecule has 27 heavy (non-hydrogen) atoms. The highest BCUT2D eigenvalue weighted by molar-refractivity contribution is 8.26. The van der Waals surface area contributed by atoms with Crippen LogP contribution in [0.3, 0.4) is 0 Å². The molecule has 0 radical (unpaired) electrons. The molecule has 3 aromatic carbocycles. The van der Waals surface area contributed by atoms with Gasteiger partial charge in [-0.05, 0) is 40.6 Å². The lowest BCUT2D eigenvalue weighted by atomic mass is 10.0. The second-order valence-electron chi connectivity index (χ2n) is 5.84. The van der Waals surface area contributed by atoms with Crippen molar-refractivity contribution in [1.82, 2.24) is 5.32 Å². The van der Waals surface area contributed by atoms with E-state index in [-0.39, 0.29) is 5.91 Å². The standard InChI is InChI=1S/C21H13NO3S2/c23-19-18(27-21(26)22-19)12-13-8-10-15(11-9-13)25-20(24)17-7-3-5-14-4-1-2-6-16(14)17/h1-12H,(H,22,23,26)/b18-12+. The number of hydrogen-bond donors (Lipinski definition) is 1. The molecular weight excluding hydrogens is 378 g/mol. The monoisotopic (exact) mass is 391 g/mol. The Morgan fingerprint density at radius 2 is 1.74 bits per heavy atom. The molecule has 0 atom stereocenters. The van der Waals surface area contributed by atoms with E-state index in [2.05, 4.69) is 5.32 Å². The van der Waals surface area contributed by atoms with Crippen LogP contribution in [0.15, 0.2) is 71.6 Å². The SMILES string of the molecule is O=C1NC(=S)S/C1=C/c1ccc(OC(=O)c2cccc3ccccc23)cc1. The molecule has 1 amide bonds. The second-order valence-corrected chi connectivity index (χ2v) is 7.56. The molecule has 0 spiro atoms. The van der Waals surface area contributed by atoms with Crippen molar-refractivity contribution in [1.29, 1.82) is 0 Å². The second kappa shape index (κ2) is 7.34. The van der Waals surface area contributed by atoms with Gasteiger partial charge in [0.1, 0.15) is 10.1 Å². The Bertz CT molecular complexity index is 1100. The molecule has 1 N–H and O–H groups in total. The number of ether oxygens (including phenoxy) is 1. The van der Waals surface area contributed by atoms with Crippen LogP contribution in [0.2, 0.25) is 0 Å². The zero-order valence-electron chi connectivity index (χ0n) is 14.0. The highest BCUT2D eigenvalue weighted by Gasteiger charge is 2.21. The molecule has 3 aromatic rings. The molecule has 132 valence electrons. The number of fused-ring (bicyclic) bond motifs is 1. The molecule has 1 heterocycles. The Kier molecular flexibility index (Phi) is 4.75. The van der Waals surface area contributed by atoms with Gasteiger partial charge < -0.3 is 10.1 Å². The molecule has 0 aliphatic carbocycles. The average Bonchev–Trinajstić information content (AvgIpc) is 2.99. The van der Waals surface area contributed by atoms with E-state index >= 15 is 0 Å². The van der Waals surface area contributed by atoms with Gasteiger partial charge in [-0.15, -0.1) is 0 Å². The topological polar surface area (TPSA) is 55.4 Å². The third kappa shape index (κ3) is 3.77. The maximum atomic E-state index is 12.6. The molecule has 1 aliphatic rings. The number of nitrogens with one attached hydrogen (secondary N) is 1. The first-order chi connectivity index (χ1) is 13.1. The van der Waals surface area contributed by atoms with Gasteiger partial charge in [-0.3, -0.25) is 4.79 Å². The predicted octanol–water partition coefficient (Wildman–Crippen LogP) is 4.55. The van der Waals surface area contributed by atoms with Crippen LogP contribution >= 0.6 is 24.0 Å². The van der Waals surface area contributed by atoms with Crippen LogP contribution in [-0.4, -0.2) is 16.2 Å². The van der Waals surface area contributed by atoms with E-state index in [9.17, 15) is 9.59 Å². The molecule has 1 aliphatic heterocycles. The normalized spacial score (nSPS) is 15.2. The zero-order chi connectivity index (χ0) is 18.8. The number of benzene rings is 3. The van der Waals surface area contributed by atoms with Crippen molar-refractivity contribution in [3.63, 3.8) is 0 Å². The van der Waals surface area contributed by atoms with Gasteiger partial charge in [-0.2, -0.15) is 0 Å². The Balaban J connectivity index is 1.53. The molecular formula is C21H13NO3S2. The summed E-state index contributed by atoms with van der Waals surface area (Å²) in [4.78, 5) is 24.8. The molecule has 0 aromatic heterocycles. The van der Waals surface area contributed by atoms with Crippen LogP contribution < -0.4 is 10.1 Å². The van der Waals surface area contributed by atoms with Crippen molar-refractivity contribution in [2.24, 2.45) is 0 Å². The van der Waals surface area contributed by atoms with E-state index in [1.165, 1.54) is 11.8 Å². The third-order valence-electron chi connectivity index (χ3n) is 4.04. The van der Waals surface area contributed by atoms with Crippen LogP contribution in [0, 0.1) is 0 Å². The summed E-state index contributed by atoms with van der Waals surface area (Å²) < 4.78 is 5.96. The summed E-state index contributed by atoms with van der Waals surface area (Å²) in [7, 11) is 0. The highest BCUT2D eigenvalue weighted by atomic mass is 32.2. The molecule has 6 heteroatoms. The molecule has 4 rings (SSSR count). The fourth-order valence-corrected chi connectivity index (χ4v) is 3.81. The summed E-state index contributed by atoms with van der Waals surface area (Å²) in [6, 6.07) is 20.2. The molecule has 0 bridgehead atoms. The lowest BCUT2D eigenvalue weighted by Gasteiger charge is -2.07. The van der Waals surface area contributed by atoms with Crippen molar-refractivity contribution < 1.29 is 14.3 Å². The Morgan fingerprint density at radius 3 is 2.48 bits per heavy atom. The number of thioether (sulfide) groups is 1. The zero-order valence-corrected chi connectivity index (χ0v) is 15.6. The Morgan fingerprint density at radius 1 is 1.00 bits per heavy atom. The van der Waals surface area contributed by atoms with Gasteiger partial charge in [0.2, 0.25) is 0 Å². The smallest absolute Gasteiger partial charge is 0.344 e. The summed E-state index contributed by atoms with van der Waals surface area (Å²) in [5.74, 6) is -0.167. The van der Waals surface area contributed by atoms with Crippen molar-refractivity contribution in [3.8, 4) is 5.75 Å². The minimum absolute atomic E-state index is 0.198. The first-order valence-electron chi connectivity index (χ1n) is 8.15. The number of thiocarbonyl (C=S) groups is 1. The molecule has 1 saturated heterocycles. The van der Waals surface area contributed by atoms with Gasteiger partial charge in [-0.25, -0.2) is 4.79 Å². The van der Waals surface area contributed by atoms with Crippen LogP contribution in [0.25, 0.3) is 16.8 Å². The quantitative estimate of drug-likeness (QED) is 0.307. The van der Waals surface area contributed by atoms with Gasteiger partial charge >= 0.3 is 5.97 Å². The number of rotatable bonds is 3. The lowest BCUT2D eigenvalue weighted by Crippen LogP contribution is -2.17. The van der Waals surface area contributed by atoms with Crippen molar-refractivity contribution >= 4 is 57.0 Å². The van der Waals surface area contributed by atoms with Crippen LogP contribution in [-0.2, 0) is 4.79 Å². The summed E-state index contributed by atoms with van der Waals surface area (Å²) in [6.07, 6.45) is 1.75. The third-order valence-corrected chi connectivity index (χ3v) is 5.20. The van der Waals surface area contributed by atoms with Gasteiger partial charge in [0.05, 0.1) is 10.5 Å². The maximum Gasteiger partial charge on any atom is 0.344 e. The number of hydrogen-bond acceptors (Lipinski definition) is 5. The molecule has 0 saturated carbocycles.